The average Bonchev–Trinajstić information content (AvgIpc) is 3.08. The van der Waals surface area contributed by atoms with E-state index in [9.17, 15) is 0 Å². The highest BCUT2D eigenvalue weighted by molar-refractivity contribution is 7.11. The van der Waals surface area contributed by atoms with Crippen LogP contribution in [0.1, 0.15) is 36.1 Å². The van der Waals surface area contributed by atoms with Crippen molar-refractivity contribution in [2.75, 3.05) is 13.1 Å². The number of aryl methyl sites for hydroxylation is 1. The van der Waals surface area contributed by atoms with Gasteiger partial charge in [0.05, 0.1) is 6.54 Å². The number of aromatic nitrogens is 1. The van der Waals surface area contributed by atoms with Crippen LogP contribution in [0.15, 0.2) is 11.2 Å². The molecule has 4 nitrogen and oxygen atoms in total. The van der Waals surface area contributed by atoms with Crippen LogP contribution < -0.4 is 10.6 Å². The molecule has 1 aromatic rings. The lowest BCUT2D eigenvalue weighted by molar-refractivity contribution is 0.685. The molecule has 5 heteroatoms. The predicted molar refractivity (Wildman–Crippen MR) is 77.0 cm³/mol. The zero-order valence-electron chi connectivity index (χ0n) is 11.2. The van der Waals surface area contributed by atoms with Crippen molar-refractivity contribution in [2.45, 2.75) is 39.7 Å². The van der Waals surface area contributed by atoms with Crippen molar-refractivity contribution in [3.05, 3.63) is 16.1 Å². The minimum Gasteiger partial charge on any atom is -0.357 e. The highest BCUT2D eigenvalue weighted by atomic mass is 32.1. The van der Waals surface area contributed by atoms with E-state index in [-0.39, 0.29) is 0 Å². The van der Waals surface area contributed by atoms with E-state index in [2.05, 4.69) is 34.5 Å². The van der Waals surface area contributed by atoms with Gasteiger partial charge in [0.15, 0.2) is 5.96 Å². The molecule has 1 aliphatic rings. The van der Waals surface area contributed by atoms with Crippen LogP contribution in [-0.4, -0.2) is 24.0 Å². The first-order valence-corrected chi connectivity index (χ1v) is 7.53. The summed E-state index contributed by atoms with van der Waals surface area (Å²) in [5, 5.41) is 7.73. The number of nitrogens with one attached hydrogen (secondary N) is 2. The maximum atomic E-state index is 4.56. The third-order valence-electron chi connectivity index (χ3n) is 2.93. The van der Waals surface area contributed by atoms with Crippen molar-refractivity contribution < 1.29 is 0 Å². The maximum Gasteiger partial charge on any atom is 0.191 e. The van der Waals surface area contributed by atoms with Crippen molar-refractivity contribution in [1.29, 1.82) is 0 Å². The quantitative estimate of drug-likeness (QED) is 0.613. The Bertz CT molecular complexity index is 395. The van der Waals surface area contributed by atoms with E-state index in [4.69, 9.17) is 0 Å². The first kappa shape index (κ1) is 13.3. The van der Waals surface area contributed by atoms with Gasteiger partial charge in [-0.25, -0.2) is 9.98 Å². The van der Waals surface area contributed by atoms with Gasteiger partial charge in [-0.1, -0.05) is 12.8 Å². The van der Waals surface area contributed by atoms with Crippen LogP contribution in [0.3, 0.4) is 0 Å². The normalized spacial score (nSPS) is 15.8. The molecule has 18 heavy (non-hydrogen) atoms. The molecular formula is C13H22N4S. The molecule has 0 aromatic carbocycles. The molecule has 0 amide bonds. The molecule has 0 radical (unpaired) electrons. The number of nitrogens with zero attached hydrogens (tertiary/aromatic N) is 2. The lowest BCUT2D eigenvalue weighted by Gasteiger charge is -2.10. The summed E-state index contributed by atoms with van der Waals surface area (Å²) in [4.78, 5) is 10.1. The Morgan fingerprint density at radius 2 is 2.33 bits per heavy atom. The number of thiazole rings is 1. The lowest BCUT2D eigenvalue weighted by atomic mass is 10.3. The number of hydrogen-bond donors (Lipinski definition) is 2. The first-order valence-electron chi connectivity index (χ1n) is 6.71. The van der Waals surface area contributed by atoms with E-state index in [1.165, 1.54) is 24.1 Å². The first-order chi connectivity index (χ1) is 8.78. The molecule has 1 saturated carbocycles. The Balaban J connectivity index is 1.78. The predicted octanol–water partition coefficient (Wildman–Crippen LogP) is 2.31. The number of rotatable bonds is 6. The van der Waals surface area contributed by atoms with Gasteiger partial charge in [-0.15, -0.1) is 11.3 Å². The summed E-state index contributed by atoms with van der Waals surface area (Å²) < 4.78 is 0. The highest BCUT2D eigenvalue weighted by Crippen LogP contribution is 2.31. The lowest BCUT2D eigenvalue weighted by Crippen LogP contribution is -2.37. The number of aliphatic imine (C=N–C) groups is 1. The van der Waals surface area contributed by atoms with E-state index in [0.717, 1.165) is 30.0 Å². The van der Waals surface area contributed by atoms with Crippen molar-refractivity contribution >= 4 is 17.3 Å². The van der Waals surface area contributed by atoms with Gasteiger partial charge in [0, 0.05) is 24.2 Å². The van der Waals surface area contributed by atoms with Crippen LogP contribution in [0.4, 0.5) is 0 Å². The summed E-state index contributed by atoms with van der Waals surface area (Å²) in [5.74, 6) is 1.87. The molecule has 1 heterocycles. The molecule has 100 valence electrons. The second-order valence-corrected chi connectivity index (χ2v) is 6.04. The summed E-state index contributed by atoms with van der Waals surface area (Å²) in [6.07, 6.45) is 5.99. The number of hydrogen-bond acceptors (Lipinski definition) is 3. The second-order valence-electron chi connectivity index (χ2n) is 4.72. The fourth-order valence-corrected chi connectivity index (χ4v) is 2.48. The monoisotopic (exact) mass is 266 g/mol. The second kappa shape index (κ2) is 6.73. The zero-order valence-corrected chi connectivity index (χ0v) is 12.0. The Kier molecular flexibility index (Phi) is 4.99. The summed E-state index contributed by atoms with van der Waals surface area (Å²) in [5.41, 5.74) is 0. The minimum absolute atomic E-state index is 0.664. The summed E-state index contributed by atoms with van der Waals surface area (Å²) >= 11 is 1.71. The Hall–Kier alpha value is -1.10. The SMILES string of the molecule is CCNC(=NCc1ncc(C)s1)NCCC1CC1. The standard InChI is InChI=1S/C13H22N4S/c1-3-14-13(15-7-6-11-4-5-11)17-9-12-16-8-10(2)18-12/h8,11H,3-7,9H2,1-2H3,(H2,14,15,17). The van der Waals surface area contributed by atoms with Crippen LogP contribution in [0, 0.1) is 12.8 Å². The van der Waals surface area contributed by atoms with Gasteiger partial charge in [0.1, 0.15) is 5.01 Å². The summed E-state index contributed by atoms with van der Waals surface area (Å²) in [6, 6.07) is 0. The van der Waals surface area contributed by atoms with Gasteiger partial charge < -0.3 is 10.6 Å². The Morgan fingerprint density at radius 3 is 2.94 bits per heavy atom. The molecule has 0 unspecified atom stereocenters. The van der Waals surface area contributed by atoms with Crippen LogP contribution in [0.25, 0.3) is 0 Å². The fourth-order valence-electron chi connectivity index (χ4n) is 1.76. The van der Waals surface area contributed by atoms with E-state index in [1.54, 1.807) is 11.3 Å². The van der Waals surface area contributed by atoms with Crippen molar-refractivity contribution in [3.63, 3.8) is 0 Å². The van der Waals surface area contributed by atoms with Gasteiger partial charge in [0.25, 0.3) is 0 Å². The molecule has 0 saturated heterocycles. The Morgan fingerprint density at radius 1 is 1.50 bits per heavy atom. The summed E-state index contributed by atoms with van der Waals surface area (Å²) in [6.45, 7) is 6.74. The topological polar surface area (TPSA) is 49.3 Å². The van der Waals surface area contributed by atoms with E-state index in [1.807, 2.05) is 6.20 Å². The van der Waals surface area contributed by atoms with E-state index >= 15 is 0 Å². The fraction of sp³-hybridized carbons (Fsp3) is 0.692. The molecule has 1 aromatic heterocycles. The zero-order chi connectivity index (χ0) is 12.8. The smallest absolute Gasteiger partial charge is 0.191 e. The molecular weight excluding hydrogens is 244 g/mol. The van der Waals surface area contributed by atoms with Gasteiger partial charge in [-0.3, -0.25) is 0 Å². The van der Waals surface area contributed by atoms with E-state index < -0.39 is 0 Å². The van der Waals surface area contributed by atoms with Crippen molar-refractivity contribution in [2.24, 2.45) is 10.9 Å². The van der Waals surface area contributed by atoms with Gasteiger partial charge in [0.2, 0.25) is 0 Å². The maximum absolute atomic E-state index is 4.56. The molecule has 0 atom stereocenters. The molecule has 1 fully saturated rings. The molecule has 2 rings (SSSR count). The molecule has 0 aliphatic heterocycles. The van der Waals surface area contributed by atoms with E-state index in [0.29, 0.717) is 6.54 Å². The highest BCUT2D eigenvalue weighted by Gasteiger charge is 2.20. The largest absolute Gasteiger partial charge is 0.357 e. The molecule has 1 aliphatic carbocycles. The van der Waals surface area contributed by atoms with Crippen molar-refractivity contribution in [1.82, 2.24) is 15.6 Å². The molecule has 2 N–H and O–H groups in total. The third kappa shape index (κ3) is 4.64. The molecule has 0 spiro atoms. The molecule has 0 bridgehead atoms. The number of guanidine groups is 1. The summed E-state index contributed by atoms with van der Waals surface area (Å²) in [7, 11) is 0. The minimum atomic E-state index is 0.664. The van der Waals surface area contributed by atoms with Crippen LogP contribution in [-0.2, 0) is 6.54 Å². The third-order valence-corrected chi connectivity index (χ3v) is 3.83. The average molecular weight is 266 g/mol. The van der Waals surface area contributed by atoms with Gasteiger partial charge in [-0.05, 0) is 26.2 Å². The van der Waals surface area contributed by atoms with Crippen LogP contribution in [0.2, 0.25) is 0 Å². The van der Waals surface area contributed by atoms with Crippen molar-refractivity contribution in [3.8, 4) is 0 Å². The van der Waals surface area contributed by atoms with Crippen LogP contribution in [0.5, 0.6) is 0 Å². The Labute approximate surface area is 113 Å². The van der Waals surface area contributed by atoms with Gasteiger partial charge >= 0.3 is 0 Å². The van der Waals surface area contributed by atoms with Crippen LogP contribution >= 0.6 is 11.3 Å². The van der Waals surface area contributed by atoms with Gasteiger partial charge in [-0.2, -0.15) is 0 Å².